The van der Waals surface area contributed by atoms with E-state index in [1.807, 2.05) is 30.3 Å². The van der Waals surface area contributed by atoms with Gasteiger partial charge in [0.2, 0.25) is 0 Å². The van der Waals surface area contributed by atoms with Gasteiger partial charge in [-0.3, -0.25) is 9.59 Å². The first-order chi connectivity index (χ1) is 10.3. The third-order valence-electron chi connectivity index (χ3n) is 3.16. The average molecular weight is 276 g/mol. The lowest BCUT2D eigenvalue weighted by atomic mass is 10.1. The highest BCUT2D eigenvalue weighted by Gasteiger charge is 2.07. The molecule has 3 nitrogen and oxygen atoms in total. The van der Waals surface area contributed by atoms with Gasteiger partial charge in [-0.2, -0.15) is 0 Å². The Kier molecular flexibility index (Phi) is 3.48. The van der Waals surface area contributed by atoms with E-state index in [-0.39, 0.29) is 5.43 Å². The first kappa shape index (κ1) is 13.1. The van der Waals surface area contributed by atoms with Crippen LogP contribution in [0.2, 0.25) is 0 Å². The summed E-state index contributed by atoms with van der Waals surface area (Å²) in [7, 11) is 0. The molecule has 0 aliphatic heterocycles. The zero-order valence-electron chi connectivity index (χ0n) is 11.2. The lowest BCUT2D eigenvalue weighted by molar-refractivity contribution is 0.112. The normalized spacial score (nSPS) is 10.3. The second-order valence-corrected chi connectivity index (χ2v) is 4.63. The standard InChI is InChI=1S/C18H12O3/c19-12-13-6-8-15(9-7-13)18-11-16(20)10-17(21-18)14-4-2-1-3-5-14/h1-12H. The Morgan fingerprint density at radius 3 is 1.90 bits per heavy atom. The van der Waals surface area contributed by atoms with E-state index in [2.05, 4.69) is 0 Å². The van der Waals surface area contributed by atoms with Crippen molar-refractivity contribution in [3.8, 4) is 22.6 Å². The summed E-state index contributed by atoms with van der Waals surface area (Å²) in [5.74, 6) is 1.01. The highest BCUT2D eigenvalue weighted by atomic mass is 16.3. The molecule has 0 fully saturated rings. The predicted octanol–water partition coefficient (Wildman–Crippen LogP) is 3.79. The van der Waals surface area contributed by atoms with Crippen molar-refractivity contribution in [3.05, 3.63) is 82.5 Å². The first-order valence-electron chi connectivity index (χ1n) is 6.52. The van der Waals surface area contributed by atoms with Crippen molar-refractivity contribution in [2.75, 3.05) is 0 Å². The molecule has 3 heteroatoms. The van der Waals surface area contributed by atoms with E-state index >= 15 is 0 Å². The van der Waals surface area contributed by atoms with E-state index < -0.39 is 0 Å². The van der Waals surface area contributed by atoms with Crippen LogP contribution in [0.5, 0.6) is 0 Å². The molecule has 0 unspecified atom stereocenters. The number of aldehydes is 1. The highest BCUT2D eigenvalue weighted by molar-refractivity contribution is 5.76. The van der Waals surface area contributed by atoms with Gasteiger partial charge < -0.3 is 4.42 Å². The molecule has 0 amide bonds. The van der Waals surface area contributed by atoms with Crippen LogP contribution < -0.4 is 5.43 Å². The molecule has 0 saturated carbocycles. The number of hydrogen-bond acceptors (Lipinski definition) is 3. The van der Waals surface area contributed by atoms with Gasteiger partial charge in [-0.25, -0.2) is 0 Å². The Balaban J connectivity index is 2.09. The topological polar surface area (TPSA) is 47.3 Å². The summed E-state index contributed by atoms with van der Waals surface area (Å²) in [6.07, 6.45) is 0.778. The maximum atomic E-state index is 11.9. The Morgan fingerprint density at radius 2 is 1.33 bits per heavy atom. The Labute approximate surface area is 121 Å². The molecule has 3 aromatic rings. The van der Waals surface area contributed by atoms with Crippen LogP contribution in [-0.4, -0.2) is 6.29 Å². The third kappa shape index (κ3) is 2.82. The molecule has 0 N–H and O–H groups in total. The van der Waals surface area contributed by atoms with Crippen LogP contribution in [0, 0.1) is 0 Å². The van der Waals surface area contributed by atoms with Gasteiger partial charge in [0.25, 0.3) is 0 Å². The highest BCUT2D eigenvalue weighted by Crippen LogP contribution is 2.24. The SMILES string of the molecule is O=Cc1ccc(-c2cc(=O)cc(-c3ccccc3)o2)cc1. The lowest BCUT2D eigenvalue weighted by Crippen LogP contribution is -1.98. The molecule has 1 heterocycles. The molecule has 3 rings (SSSR count). The first-order valence-corrected chi connectivity index (χ1v) is 6.52. The van der Waals surface area contributed by atoms with Crippen LogP contribution in [0.3, 0.4) is 0 Å². The quantitative estimate of drug-likeness (QED) is 0.684. The molecule has 0 atom stereocenters. The molecule has 0 aliphatic carbocycles. The molecule has 0 bridgehead atoms. The van der Waals surface area contributed by atoms with E-state index in [9.17, 15) is 9.59 Å². The van der Waals surface area contributed by atoms with E-state index in [0.717, 1.165) is 17.4 Å². The monoisotopic (exact) mass is 276 g/mol. The number of benzene rings is 2. The average Bonchev–Trinajstić information content (AvgIpc) is 2.55. The van der Waals surface area contributed by atoms with Crippen molar-refractivity contribution >= 4 is 6.29 Å². The lowest BCUT2D eigenvalue weighted by Gasteiger charge is -2.05. The molecule has 0 aliphatic rings. The number of hydrogen-bond donors (Lipinski definition) is 0. The van der Waals surface area contributed by atoms with Crippen molar-refractivity contribution in [1.82, 2.24) is 0 Å². The Bertz CT molecular complexity index is 815. The summed E-state index contributed by atoms with van der Waals surface area (Å²) < 4.78 is 5.82. The summed E-state index contributed by atoms with van der Waals surface area (Å²) >= 11 is 0. The molecule has 21 heavy (non-hydrogen) atoms. The third-order valence-corrected chi connectivity index (χ3v) is 3.16. The largest absolute Gasteiger partial charge is 0.456 e. The van der Waals surface area contributed by atoms with Crippen LogP contribution in [0.1, 0.15) is 10.4 Å². The van der Waals surface area contributed by atoms with Crippen LogP contribution in [0.4, 0.5) is 0 Å². The van der Waals surface area contributed by atoms with Crippen molar-refractivity contribution < 1.29 is 9.21 Å². The van der Waals surface area contributed by atoms with Crippen LogP contribution in [0.25, 0.3) is 22.6 Å². The summed E-state index contributed by atoms with van der Waals surface area (Å²) in [5.41, 5.74) is 2.08. The van der Waals surface area contributed by atoms with E-state index in [1.54, 1.807) is 24.3 Å². The fourth-order valence-electron chi connectivity index (χ4n) is 2.09. The molecule has 0 radical (unpaired) electrons. The summed E-state index contributed by atoms with van der Waals surface area (Å²) in [6, 6.07) is 19.3. The summed E-state index contributed by atoms with van der Waals surface area (Å²) in [6.45, 7) is 0. The maximum absolute atomic E-state index is 11.9. The van der Waals surface area contributed by atoms with Crippen molar-refractivity contribution in [3.63, 3.8) is 0 Å². The van der Waals surface area contributed by atoms with Gasteiger partial charge in [0.05, 0.1) is 0 Å². The molecule has 102 valence electrons. The molecular weight excluding hydrogens is 264 g/mol. The molecule has 2 aromatic carbocycles. The van der Waals surface area contributed by atoms with E-state index in [4.69, 9.17) is 4.42 Å². The minimum Gasteiger partial charge on any atom is -0.456 e. The Hall–Kier alpha value is -2.94. The smallest absolute Gasteiger partial charge is 0.186 e. The fraction of sp³-hybridized carbons (Fsp3) is 0. The molecular formula is C18H12O3. The fourth-order valence-corrected chi connectivity index (χ4v) is 2.09. The van der Waals surface area contributed by atoms with Gasteiger partial charge in [-0.15, -0.1) is 0 Å². The number of carbonyl (C=O) groups excluding carboxylic acids is 1. The predicted molar refractivity (Wildman–Crippen MR) is 81.2 cm³/mol. The minimum absolute atomic E-state index is 0.116. The van der Waals surface area contributed by atoms with Crippen LogP contribution in [-0.2, 0) is 0 Å². The van der Waals surface area contributed by atoms with E-state index in [1.165, 1.54) is 12.1 Å². The van der Waals surface area contributed by atoms with Crippen molar-refractivity contribution in [2.45, 2.75) is 0 Å². The Morgan fingerprint density at radius 1 is 0.762 bits per heavy atom. The van der Waals surface area contributed by atoms with Gasteiger partial charge in [-0.1, -0.05) is 54.6 Å². The zero-order valence-corrected chi connectivity index (χ0v) is 11.2. The second-order valence-electron chi connectivity index (χ2n) is 4.63. The molecule has 1 aromatic heterocycles. The minimum atomic E-state index is -0.116. The van der Waals surface area contributed by atoms with Gasteiger partial charge >= 0.3 is 0 Å². The molecule has 0 saturated heterocycles. The molecule has 0 spiro atoms. The van der Waals surface area contributed by atoms with E-state index in [0.29, 0.717) is 17.1 Å². The van der Waals surface area contributed by atoms with Crippen molar-refractivity contribution in [1.29, 1.82) is 0 Å². The van der Waals surface area contributed by atoms with Gasteiger partial charge in [0.1, 0.15) is 17.8 Å². The number of carbonyl (C=O) groups is 1. The maximum Gasteiger partial charge on any atom is 0.186 e. The zero-order chi connectivity index (χ0) is 14.7. The van der Waals surface area contributed by atoms with Gasteiger partial charge in [0.15, 0.2) is 5.43 Å². The van der Waals surface area contributed by atoms with Crippen LogP contribution in [0.15, 0.2) is 75.9 Å². The van der Waals surface area contributed by atoms with Crippen LogP contribution >= 0.6 is 0 Å². The van der Waals surface area contributed by atoms with Gasteiger partial charge in [-0.05, 0) is 0 Å². The van der Waals surface area contributed by atoms with Gasteiger partial charge in [0, 0.05) is 28.8 Å². The summed E-state index contributed by atoms with van der Waals surface area (Å²) in [5, 5.41) is 0. The van der Waals surface area contributed by atoms with Crippen molar-refractivity contribution in [2.24, 2.45) is 0 Å². The summed E-state index contributed by atoms with van der Waals surface area (Å²) in [4.78, 5) is 22.5. The second kappa shape index (κ2) is 5.59. The number of rotatable bonds is 3.